The fourth-order valence-electron chi connectivity index (χ4n) is 3.33. The first kappa shape index (κ1) is 19.2. The van der Waals surface area contributed by atoms with Gasteiger partial charge < -0.3 is 4.74 Å². The number of fused-ring (bicyclic) bond motifs is 2. The van der Waals surface area contributed by atoms with E-state index in [9.17, 15) is 9.59 Å². The highest BCUT2D eigenvalue weighted by Crippen LogP contribution is 2.32. The standard InChI is InChI=1S/C23H19ClN2O3/c1-14(2)13-26-22(27)18-10-6-5-9-17(18)21(25-26)23(28)29-20-12-11-19(24)15-7-3-4-8-16(15)20/h3-12,14H,13H2,1-2H3. The summed E-state index contributed by atoms with van der Waals surface area (Å²) in [5.41, 5.74) is -0.109. The number of ether oxygens (including phenoxy) is 1. The Morgan fingerprint density at radius 1 is 0.966 bits per heavy atom. The number of hydrogen-bond donors (Lipinski definition) is 0. The van der Waals surface area contributed by atoms with Crippen LogP contribution in [0.1, 0.15) is 24.3 Å². The van der Waals surface area contributed by atoms with Gasteiger partial charge in [0, 0.05) is 27.7 Å². The third-order valence-corrected chi connectivity index (χ3v) is 4.96. The molecule has 29 heavy (non-hydrogen) atoms. The molecule has 3 aromatic carbocycles. The molecule has 1 heterocycles. The average Bonchev–Trinajstić information content (AvgIpc) is 2.72. The molecule has 0 aliphatic rings. The Bertz CT molecular complexity index is 1290. The van der Waals surface area contributed by atoms with Crippen LogP contribution in [0.3, 0.4) is 0 Å². The number of rotatable bonds is 4. The molecule has 4 rings (SSSR count). The molecule has 0 radical (unpaired) electrons. The molecule has 0 aliphatic carbocycles. The quantitative estimate of drug-likeness (QED) is 0.350. The molecule has 5 nitrogen and oxygen atoms in total. The highest BCUT2D eigenvalue weighted by atomic mass is 35.5. The van der Waals surface area contributed by atoms with Crippen LogP contribution in [0.2, 0.25) is 5.02 Å². The number of nitrogens with zero attached hydrogens (tertiary/aromatic N) is 2. The van der Waals surface area contributed by atoms with E-state index in [1.54, 1.807) is 36.4 Å². The van der Waals surface area contributed by atoms with Crippen LogP contribution in [0.5, 0.6) is 5.75 Å². The van der Waals surface area contributed by atoms with E-state index in [1.807, 2.05) is 38.1 Å². The molecule has 0 N–H and O–H groups in total. The largest absolute Gasteiger partial charge is 0.421 e. The molecule has 146 valence electrons. The molecular formula is C23H19ClN2O3. The minimum atomic E-state index is -0.619. The van der Waals surface area contributed by atoms with Crippen LogP contribution in [-0.2, 0) is 6.54 Å². The molecule has 4 aromatic rings. The summed E-state index contributed by atoms with van der Waals surface area (Å²) in [6.07, 6.45) is 0. The summed E-state index contributed by atoms with van der Waals surface area (Å²) >= 11 is 6.26. The first-order chi connectivity index (χ1) is 14.0. The van der Waals surface area contributed by atoms with Gasteiger partial charge in [-0.3, -0.25) is 4.79 Å². The van der Waals surface area contributed by atoms with E-state index >= 15 is 0 Å². The lowest BCUT2D eigenvalue weighted by atomic mass is 10.1. The molecule has 0 amide bonds. The van der Waals surface area contributed by atoms with E-state index in [2.05, 4.69) is 5.10 Å². The van der Waals surface area contributed by atoms with Crippen molar-refractivity contribution in [2.45, 2.75) is 20.4 Å². The van der Waals surface area contributed by atoms with Crippen LogP contribution in [-0.4, -0.2) is 15.7 Å². The average molecular weight is 407 g/mol. The number of hydrogen-bond acceptors (Lipinski definition) is 4. The number of benzene rings is 3. The zero-order valence-electron chi connectivity index (χ0n) is 16.1. The first-order valence-corrected chi connectivity index (χ1v) is 9.73. The van der Waals surface area contributed by atoms with Crippen LogP contribution in [0.4, 0.5) is 0 Å². The van der Waals surface area contributed by atoms with Gasteiger partial charge in [0.2, 0.25) is 0 Å². The molecular weight excluding hydrogens is 388 g/mol. The lowest BCUT2D eigenvalue weighted by Crippen LogP contribution is -2.28. The van der Waals surface area contributed by atoms with Crippen molar-refractivity contribution in [2.24, 2.45) is 5.92 Å². The van der Waals surface area contributed by atoms with Crippen molar-refractivity contribution >= 4 is 39.1 Å². The van der Waals surface area contributed by atoms with Crippen molar-refractivity contribution in [1.82, 2.24) is 9.78 Å². The molecule has 0 fully saturated rings. The summed E-state index contributed by atoms with van der Waals surface area (Å²) in [5.74, 6) is -0.0286. The van der Waals surface area contributed by atoms with Crippen LogP contribution in [0.25, 0.3) is 21.5 Å². The van der Waals surface area contributed by atoms with Crippen molar-refractivity contribution in [3.8, 4) is 5.75 Å². The fourth-order valence-corrected chi connectivity index (χ4v) is 3.56. The number of esters is 1. The monoisotopic (exact) mass is 406 g/mol. The van der Waals surface area contributed by atoms with E-state index < -0.39 is 5.97 Å². The Balaban J connectivity index is 1.83. The summed E-state index contributed by atoms with van der Waals surface area (Å²) in [6, 6.07) is 17.7. The predicted molar refractivity (Wildman–Crippen MR) is 115 cm³/mol. The van der Waals surface area contributed by atoms with Gasteiger partial charge in [0.05, 0.1) is 5.39 Å². The third kappa shape index (κ3) is 3.61. The van der Waals surface area contributed by atoms with Gasteiger partial charge in [0.1, 0.15) is 5.75 Å². The van der Waals surface area contributed by atoms with E-state index in [0.717, 1.165) is 10.8 Å². The second kappa shape index (κ2) is 7.68. The van der Waals surface area contributed by atoms with Crippen molar-refractivity contribution < 1.29 is 9.53 Å². The van der Waals surface area contributed by atoms with Gasteiger partial charge in [-0.15, -0.1) is 0 Å². The Hall–Kier alpha value is -3.18. The molecule has 6 heteroatoms. The maximum atomic E-state index is 13.1. The molecule has 0 bridgehead atoms. The molecule has 1 aromatic heterocycles. The van der Waals surface area contributed by atoms with Gasteiger partial charge >= 0.3 is 5.97 Å². The van der Waals surface area contributed by atoms with Gasteiger partial charge in [0.25, 0.3) is 5.56 Å². The molecule has 0 unspecified atom stereocenters. The smallest absolute Gasteiger partial charge is 0.364 e. The Kier molecular flexibility index (Phi) is 5.07. The van der Waals surface area contributed by atoms with E-state index in [-0.39, 0.29) is 17.2 Å². The van der Waals surface area contributed by atoms with E-state index in [0.29, 0.717) is 28.1 Å². The second-order valence-corrected chi connectivity index (χ2v) is 7.66. The summed E-state index contributed by atoms with van der Waals surface area (Å²) in [6.45, 7) is 4.39. The van der Waals surface area contributed by atoms with Crippen LogP contribution in [0.15, 0.2) is 65.5 Å². The van der Waals surface area contributed by atoms with Crippen molar-refractivity contribution in [2.75, 3.05) is 0 Å². The van der Waals surface area contributed by atoms with Crippen LogP contribution >= 0.6 is 11.6 Å². The Morgan fingerprint density at radius 2 is 1.59 bits per heavy atom. The highest BCUT2D eigenvalue weighted by molar-refractivity contribution is 6.35. The van der Waals surface area contributed by atoms with Crippen LogP contribution in [0, 0.1) is 5.92 Å². The van der Waals surface area contributed by atoms with Gasteiger partial charge in [-0.2, -0.15) is 5.10 Å². The minimum Gasteiger partial charge on any atom is -0.421 e. The SMILES string of the molecule is CC(C)Cn1nc(C(=O)Oc2ccc(Cl)c3ccccc23)c2ccccc2c1=O. The topological polar surface area (TPSA) is 61.2 Å². The lowest BCUT2D eigenvalue weighted by Gasteiger charge is -2.13. The predicted octanol–water partition coefficient (Wildman–Crippen LogP) is 5.08. The second-order valence-electron chi connectivity index (χ2n) is 7.26. The number of aromatic nitrogens is 2. The Morgan fingerprint density at radius 3 is 2.28 bits per heavy atom. The normalized spacial score (nSPS) is 11.3. The van der Waals surface area contributed by atoms with E-state index in [4.69, 9.17) is 16.3 Å². The maximum Gasteiger partial charge on any atom is 0.364 e. The van der Waals surface area contributed by atoms with Gasteiger partial charge in [-0.1, -0.05) is 67.9 Å². The van der Waals surface area contributed by atoms with E-state index in [1.165, 1.54) is 4.68 Å². The van der Waals surface area contributed by atoms with Crippen LogP contribution < -0.4 is 10.3 Å². The number of halogens is 1. The molecule has 0 saturated carbocycles. The summed E-state index contributed by atoms with van der Waals surface area (Å²) in [7, 11) is 0. The summed E-state index contributed by atoms with van der Waals surface area (Å²) < 4.78 is 7.04. The van der Waals surface area contributed by atoms with Crippen molar-refractivity contribution in [3.05, 3.63) is 81.7 Å². The summed E-state index contributed by atoms with van der Waals surface area (Å²) in [4.78, 5) is 25.8. The Labute approximate surface area is 172 Å². The molecule has 0 saturated heterocycles. The fraction of sp³-hybridized carbons (Fsp3) is 0.174. The third-order valence-electron chi connectivity index (χ3n) is 4.63. The zero-order chi connectivity index (χ0) is 20.5. The first-order valence-electron chi connectivity index (χ1n) is 9.35. The molecule has 0 aliphatic heterocycles. The number of carbonyl (C=O) groups excluding carboxylic acids is 1. The van der Waals surface area contributed by atoms with Crippen molar-refractivity contribution in [1.29, 1.82) is 0 Å². The van der Waals surface area contributed by atoms with Crippen molar-refractivity contribution in [3.63, 3.8) is 0 Å². The van der Waals surface area contributed by atoms with Gasteiger partial charge in [-0.05, 0) is 24.1 Å². The lowest BCUT2D eigenvalue weighted by molar-refractivity contribution is 0.0730. The van der Waals surface area contributed by atoms with Gasteiger partial charge in [0.15, 0.2) is 5.69 Å². The zero-order valence-corrected chi connectivity index (χ0v) is 16.8. The summed E-state index contributed by atoms with van der Waals surface area (Å²) in [5, 5.41) is 7.35. The van der Waals surface area contributed by atoms with Gasteiger partial charge in [-0.25, -0.2) is 9.48 Å². The highest BCUT2D eigenvalue weighted by Gasteiger charge is 2.20. The molecule has 0 spiro atoms. The number of carbonyl (C=O) groups is 1. The minimum absolute atomic E-state index is 0.111. The maximum absolute atomic E-state index is 13.1. The molecule has 0 atom stereocenters.